The number of aliphatic hydroxyl groups excluding tert-OH is 2. The van der Waals surface area contributed by atoms with Crippen LogP contribution in [0.5, 0.6) is 0 Å². The minimum absolute atomic E-state index is 0.0323. The van der Waals surface area contributed by atoms with Crippen LogP contribution in [0, 0.1) is 11.3 Å². The highest BCUT2D eigenvalue weighted by Crippen LogP contribution is 2.61. The fourth-order valence-corrected chi connectivity index (χ4v) is 9.06. The van der Waals surface area contributed by atoms with Crippen LogP contribution in [0.3, 0.4) is 0 Å². The number of carbonyl (C=O) groups is 3. The number of hydrogen-bond donors (Lipinski definition) is 9. The maximum atomic E-state index is 12.7. The molecule has 0 saturated carbocycles. The lowest BCUT2D eigenvalue weighted by atomic mass is 9.87. The number of imidazole rings is 1. The number of anilines is 1. The molecular weight excluding hydrogens is 855 g/mol. The van der Waals surface area contributed by atoms with Crippen molar-refractivity contribution in [2.24, 2.45) is 11.3 Å². The number of thioether (sulfide) groups is 1. The summed E-state index contributed by atoms with van der Waals surface area (Å²) in [4.78, 5) is 88.1. The molecule has 0 aliphatic carbocycles. The van der Waals surface area contributed by atoms with E-state index >= 15 is 0 Å². The highest BCUT2D eigenvalue weighted by atomic mass is 32.2. The molecule has 2 aromatic rings. The molecule has 0 radical (unpaired) electrons. The number of aromatic nitrogens is 4. The zero-order chi connectivity index (χ0) is 43.5. The van der Waals surface area contributed by atoms with Gasteiger partial charge in [-0.3, -0.25) is 32.5 Å². The number of phosphoric ester groups is 3. The monoisotopic (exact) mass is 907 g/mol. The molecule has 330 valence electrons. The zero-order valence-electron chi connectivity index (χ0n) is 32.2. The Bertz CT molecular complexity index is 1850. The normalized spacial score (nSPS) is 21.9. The van der Waals surface area contributed by atoms with Crippen LogP contribution in [0.1, 0.15) is 72.4 Å². The zero-order valence-corrected chi connectivity index (χ0v) is 35.7. The number of nitrogens with one attached hydrogen (secondary N) is 2. The van der Waals surface area contributed by atoms with Crippen LogP contribution in [-0.4, -0.2) is 123 Å². The Labute approximate surface area is 337 Å². The average molecular weight is 908 g/mol. The van der Waals surface area contributed by atoms with Crippen LogP contribution in [0.15, 0.2) is 12.7 Å². The van der Waals surface area contributed by atoms with Gasteiger partial charge in [-0.1, -0.05) is 65.1 Å². The summed E-state index contributed by atoms with van der Waals surface area (Å²) in [5.41, 5.74) is 4.27. The number of nitrogens with zero attached hydrogens (tertiary/aromatic N) is 4. The molecule has 1 saturated heterocycles. The maximum Gasteiger partial charge on any atom is 0.481 e. The third-order valence-corrected chi connectivity index (χ3v) is 12.8. The smallest absolute Gasteiger partial charge is 0.386 e. The number of carbonyl (C=O) groups excluding carboxylic acids is 3. The number of hydrogen-bond acceptors (Lipinski definition) is 18. The van der Waals surface area contributed by atoms with Gasteiger partial charge in [0, 0.05) is 36.6 Å². The van der Waals surface area contributed by atoms with Gasteiger partial charge in [0.2, 0.25) is 11.8 Å². The largest absolute Gasteiger partial charge is 0.481 e. The first-order chi connectivity index (χ1) is 27.0. The van der Waals surface area contributed by atoms with Gasteiger partial charge in [-0.25, -0.2) is 28.6 Å². The van der Waals surface area contributed by atoms with E-state index in [2.05, 4.69) is 41.3 Å². The Morgan fingerprint density at radius 1 is 1.03 bits per heavy atom. The molecule has 2 aromatic heterocycles. The molecule has 0 spiro atoms. The van der Waals surface area contributed by atoms with Crippen LogP contribution < -0.4 is 16.4 Å². The molecule has 4 unspecified atom stereocenters. The SMILES string of the molecule is CCCCCCC(C)C(=O)SCCNC(=O)CCNC(=O)C(O)C(C)(C)COP(=O)(O)OP(=O)(O)OC[C@H]1O[C@@H](n2cnc3c(N)ncnc32)[C@H](O)[C@@H]1OP(=O)(O)O. The van der Waals surface area contributed by atoms with E-state index in [-0.39, 0.29) is 47.5 Å². The van der Waals surface area contributed by atoms with E-state index in [9.17, 15) is 57.9 Å². The summed E-state index contributed by atoms with van der Waals surface area (Å²) in [5.74, 6) is -1.12. The van der Waals surface area contributed by atoms with Gasteiger partial charge in [0.15, 0.2) is 22.8 Å². The Balaban J connectivity index is 1.45. The quantitative estimate of drug-likeness (QED) is 0.0500. The van der Waals surface area contributed by atoms with Crippen LogP contribution in [0.25, 0.3) is 11.2 Å². The van der Waals surface area contributed by atoms with Crippen molar-refractivity contribution in [2.75, 3.05) is 37.8 Å². The van der Waals surface area contributed by atoms with E-state index in [1.165, 1.54) is 13.8 Å². The van der Waals surface area contributed by atoms with Crippen molar-refractivity contribution in [3.63, 3.8) is 0 Å². The standard InChI is InChI=1S/C30H52N7O17P3S/c1-5-6-7-8-9-18(2)29(42)58-13-12-32-20(38)10-11-33-27(41)24(40)30(3,4)15-51-57(48,49)54-56(46,47)50-14-19-23(53-55(43,44)45)22(39)28(52-19)37-17-36-21-25(31)34-16-35-26(21)37/h16-19,22-24,28,39-40H,5-15H2,1-4H3,(H,32,38)(H,33,41)(H,46,47)(H,48,49)(H2,31,34,35)(H2,43,44,45)/t18?,19-,22-,23-,24?,28-/m1/s1. The molecule has 0 bridgehead atoms. The third-order valence-electron chi connectivity index (χ3n) is 8.64. The van der Waals surface area contributed by atoms with E-state index in [1.54, 1.807) is 0 Å². The molecular formula is C30H52N7O17P3S. The van der Waals surface area contributed by atoms with Gasteiger partial charge in [0.05, 0.1) is 19.5 Å². The highest BCUT2D eigenvalue weighted by molar-refractivity contribution is 8.13. The molecule has 2 amide bonds. The predicted molar refractivity (Wildman–Crippen MR) is 205 cm³/mol. The lowest BCUT2D eigenvalue weighted by molar-refractivity contribution is -0.137. The molecule has 28 heteroatoms. The van der Waals surface area contributed by atoms with Crippen molar-refractivity contribution >= 4 is 69.1 Å². The number of nitrogens with two attached hydrogens (primary N) is 1. The van der Waals surface area contributed by atoms with Crippen LogP contribution in [-0.2, 0) is 50.7 Å². The Morgan fingerprint density at radius 3 is 2.40 bits per heavy atom. The summed E-state index contributed by atoms with van der Waals surface area (Å²) in [6.45, 7) is 4.55. The molecule has 10 N–H and O–H groups in total. The minimum atomic E-state index is -5.57. The second-order valence-electron chi connectivity index (χ2n) is 14.0. The molecule has 24 nitrogen and oxygen atoms in total. The lowest BCUT2D eigenvalue weighted by Crippen LogP contribution is -2.46. The lowest BCUT2D eigenvalue weighted by Gasteiger charge is -2.30. The predicted octanol–water partition coefficient (Wildman–Crippen LogP) is 1.27. The fraction of sp³-hybridized carbons (Fsp3) is 0.733. The number of fused-ring (bicyclic) bond motifs is 1. The van der Waals surface area contributed by atoms with E-state index in [1.807, 2.05) is 6.92 Å². The van der Waals surface area contributed by atoms with Gasteiger partial charge >= 0.3 is 23.5 Å². The van der Waals surface area contributed by atoms with Gasteiger partial charge in [-0.2, -0.15) is 4.31 Å². The number of amides is 2. The summed E-state index contributed by atoms with van der Waals surface area (Å²) in [6, 6.07) is 0. The first-order valence-corrected chi connectivity index (χ1v) is 23.5. The fourth-order valence-electron chi connectivity index (χ4n) is 5.42. The molecule has 3 heterocycles. The number of unbranched alkanes of at least 4 members (excludes halogenated alkanes) is 3. The number of phosphoric acid groups is 3. The number of ether oxygens (including phenoxy) is 1. The second kappa shape index (κ2) is 21.9. The van der Waals surface area contributed by atoms with Crippen molar-refractivity contribution in [1.29, 1.82) is 0 Å². The van der Waals surface area contributed by atoms with Crippen LogP contribution >= 0.6 is 35.2 Å². The van der Waals surface area contributed by atoms with E-state index < -0.39 is 84.6 Å². The number of nitrogen functional groups attached to an aromatic ring is 1. The number of aliphatic hydroxyl groups is 2. The summed E-state index contributed by atoms with van der Waals surface area (Å²) >= 11 is 1.14. The topological polar surface area (TPSA) is 364 Å². The molecule has 3 rings (SSSR count). The van der Waals surface area contributed by atoms with E-state index in [0.29, 0.717) is 5.75 Å². The van der Waals surface area contributed by atoms with Crippen molar-refractivity contribution < 1.29 is 80.5 Å². The first-order valence-electron chi connectivity index (χ1n) is 18.0. The summed E-state index contributed by atoms with van der Waals surface area (Å²) in [6.07, 6.45) is -1.76. The molecule has 58 heavy (non-hydrogen) atoms. The van der Waals surface area contributed by atoms with E-state index in [4.69, 9.17) is 19.5 Å². The Hall–Kier alpha value is -2.44. The summed E-state index contributed by atoms with van der Waals surface area (Å²) in [5, 5.41) is 26.5. The van der Waals surface area contributed by atoms with Crippen LogP contribution in [0.4, 0.5) is 5.82 Å². The highest BCUT2D eigenvalue weighted by Gasteiger charge is 2.50. The molecule has 0 aromatic carbocycles. The molecule has 8 atom stereocenters. The Morgan fingerprint density at radius 2 is 1.72 bits per heavy atom. The minimum Gasteiger partial charge on any atom is -0.386 e. The second-order valence-corrected chi connectivity index (χ2v) is 19.3. The summed E-state index contributed by atoms with van der Waals surface area (Å²) in [7, 11) is -16.4. The van der Waals surface area contributed by atoms with Gasteiger partial charge in [-0.05, 0) is 6.42 Å². The van der Waals surface area contributed by atoms with Gasteiger partial charge in [0.25, 0.3) is 0 Å². The maximum absolute atomic E-state index is 12.7. The van der Waals surface area contributed by atoms with Crippen molar-refractivity contribution in [2.45, 2.75) is 96.9 Å². The molecule has 1 aliphatic heterocycles. The van der Waals surface area contributed by atoms with Crippen LogP contribution in [0.2, 0.25) is 0 Å². The molecule has 1 aliphatic rings. The van der Waals surface area contributed by atoms with E-state index in [0.717, 1.165) is 61.1 Å². The molecule has 1 fully saturated rings. The van der Waals surface area contributed by atoms with Gasteiger partial charge in [-0.15, -0.1) is 0 Å². The number of rotatable bonds is 25. The van der Waals surface area contributed by atoms with Crippen molar-refractivity contribution in [3.8, 4) is 0 Å². The average Bonchev–Trinajstić information content (AvgIpc) is 3.69. The third kappa shape index (κ3) is 15.5. The first kappa shape index (κ1) is 49.9. The van der Waals surface area contributed by atoms with Crippen molar-refractivity contribution in [1.82, 2.24) is 30.2 Å². The van der Waals surface area contributed by atoms with Gasteiger partial charge < -0.3 is 50.9 Å². The Kier molecular flexibility index (Phi) is 18.8. The van der Waals surface area contributed by atoms with Crippen molar-refractivity contribution in [3.05, 3.63) is 12.7 Å². The summed E-state index contributed by atoms with van der Waals surface area (Å²) < 4.78 is 62.2. The van der Waals surface area contributed by atoms with Gasteiger partial charge in [0.1, 0.15) is 36.3 Å².